The third-order valence-electron chi connectivity index (χ3n) is 4.64. The smallest absolute Gasteiger partial charge is 0.0478 e. The van der Waals surface area contributed by atoms with Crippen molar-refractivity contribution in [3.63, 3.8) is 0 Å². The molecule has 0 rings (SSSR count). The molecule has 0 amide bonds. The van der Waals surface area contributed by atoms with Gasteiger partial charge in [0.2, 0.25) is 0 Å². The van der Waals surface area contributed by atoms with Crippen molar-refractivity contribution >= 4 is 17.0 Å². The van der Waals surface area contributed by atoms with E-state index in [0.29, 0.717) is 0 Å². The summed E-state index contributed by atoms with van der Waals surface area (Å²) in [5.41, 5.74) is 5.43. The SMILES string of the molecule is Br.CCCCCCCCCCCCCCCCCCOCCCN. The quantitative estimate of drug-likeness (QED) is 0.216. The first kappa shape index (κ1) is 26.6. The van der Waals surface area contributed by atoms with Gasteiger partial charge in [-0.3, -0.25) is 0 Å². The summed E-state index contributed by atoms with van der Waals surface area (Å²) in [6, 6.07) is 0. The molecule has 2 N–H and O–H groups in total. The van der Waals surface area contributed by atoms with E-state index in [1.165, 1.54) is 103 Å². The first-order valence-corrected chi connectivity index (χ1v) is 10.7. The average molecular weight is 409 g/mol. The molecular weight excluding hydrogens is 362 g/mol. The summed E-state index contributed by atoms with van der Waals surface area (Å²) < 4.78 is 5.51. The van der Waals surface area contributed by atoms with Crippen molar-refractivity contribution in [2.45, 2.75) is 116 Å². The van der Waals surface area contributed by atoms with Gasteiger partial charge in [0.1, 0.15) is 0 Å². The van der Waals surface area contributed by atoms with Crippen LogP contribution in [0.3, 0.4) is 0 Å². The van der Waals surface area contributed by atoms with Crippen LogP contribution in [0.15, 0.2) is 0 Å². The minimum Gasteiger partial charge on any atom is -0.381 e. The van der Waals surface area contributed by atoms with Crippen molar-refractivity contribution in [2.75, 3.05) is 19.8 Å². The minimum atomic E-state index is 0. The zero-order chi connectivity index (χ0) is 16.8. The summed E-state index contributed by atoms with van der Waals surface area (Å²) in [4.78, 5) is 0. The van der Waals surface area contributed by atoms with Crippen LogP contribution in [-0.4, -0.2) is 19.8 Å². The maximum absolute atomic E-state index is 5.51. The monoisotopic (exact) mass is 407 g/mol. The summed E-state index contributed by atoms with van der Waals surface area (Å²) >= 11 is 0. The number of rotatable bonds is 20. The summed E-state index contributed by atoms with van der Waals surface area (Å²) in [6.45, 7) is 4.81. The van der Waals surface area contributed by atoms with Crippen LogP contribution in [0.2, 0.25) is 0 Å². The third-order valence-corrected chi connectivity index (χ3v) is 4.64. The van der Waals surface area contributed by atoms with Crippen LogP contribution in [0.4, 0.5) is 0 Å². The van der Waals surface area contributed by atoms with Crippen LogP contribution in [-0.2, 0) is 4.74 Å². The number of hydrogen-bond donors (Lipinski definition) is 1. The molecular formula is C21H46BrNO. The molecule has 0 atom stereocenters. The zero-order valence-electron chi connectivity index (χ0n) is 16.5. The molecule has 0 heterocycles. The van der Waals surface area contributed by atoms with Crippen molar-refractivity contribution in [3.05, 3.63) is 0 Å². The van der Waals surface area contributed by atoms with Gasteiger partial charge < -0.3 is 10.5 Å². The van der Waals surface area contributed by atoms with Crippen molar-refractivity contribution < 1.29 is 4.74 Å². The predicted molar refractivity (Wildman–Crippen MR) is 114 cm³/mol. The second kappa shape index (κ2) is 25.6. The second-order valence-corrected chi connectivity index (χ2v) is 7.06. The maximum atomic E-state index is 5.51. The normalized spacial score (nSPS) is 10.8. The molecule has 0 saturated heterocycles. The lowest BCUT2D eigenvalue weighted by Gasteiger charge is -2.04. The highest BCUT2D eigenvalue weighted by molar-refractivity contribution is 8.93. The molecule has 148 valence electrons. The molecule has 0 bridgehead atoms. The topological polar surface area (TPSA) is 35.2 Å². The highest BCUT2D eigenvalue weighted by Gasteiger charge is 1.95. The lowest BCUT2D eigenvalue weighted by atomic mass is 10.0. The Bertz CT molecular complexity index is 182. The molecule has 0 aliphatic carbocycles. The van der Waals surface area contributed by atoms with E-state index in [1.807, 2.05) is 0 Å². The molecule has 0 aliphatic rings. The second-order valence-electron chi connectivity index (χ2n) is 7.06. The molecule has 0 spiro atoms. The van der Waals surface area contributed by atoms with Gasteiger partial charge in [0.05, 0.1) is 0 Å². The Morgan fingerprint density at radius 2 is 0.833 bits per heavy atom. The molecule has 24 heavy (non-hydrogen) atoms. The Hall–Kier alpha value is 0.400. The fraction of sp³-hybridized carbons (Fsp3) is 1.00. The molecule has 0 aromatic heterocycles. The molecule has 0 saturated carbocycles. The molecule has 0 aliphatic heterocycles. The average Bonchev–Trinajstić information content (AvgIpc) is 2.57. The summed E-state index contributed by atoms with van der Waals surface area (Å²) in [5.74, 6) is 0. The van der Waals surface area contributed by atoms with Crippen molar-refractivity contribution in [3.8, 4) is 0 Å². The van der Waals surface area contributed by atoms with Crippen LogP contribution >= 0.6 is 17.0 Å². The van der Waals surface area contributed by atoms with Gasteiger partial charge >= 0.3 is 0 Å². The van der Waals surface area contributed by atoms with E-state index in [4.69, 9.17) is 10.5 Å². The van der Waals surface area contributed by atoms with Gasteiger partial charge in [0.15, 0.2) is 0 Å². The van der Waals surface area contributed by atoms with Crippen LogP contribution in [0, 0.1) is 0 Å². The van der Waals surface area contributed by atoms with E-state index in [2.05, 4.69) is 6.92 Å². The number of hydrogen-bond acceptors (Lipinski definition) is 2. The van der Waals surface area contributed by atoms with Gasteiger partial charge in [-0.25, -0.2) is 0 Å². The predicted octanol–water partition coefficient (Wildman–Crippen LogP) is 7.19. The van der Waals surface area contributed by atoms with Crippen molar-refractivity contribution in [2.24, 2.45) is 5.73 Å². The lowest BCUT2D eigenvalue weighted by molar-refractivity contribution is 0.129. The van der Waals surface area contributed by atoms with E-state index in [1.54, 1.807) is 0 Å². The summed E-state index contributed by atoms with van der Waals surface area (Å²) in [5, 5.41) is 0. The highest BCUT2D eigenvalue weighted by atomic mass is 79.9. The van der Waals surface area contributed by atoms with Gasteiger partial charge in [-0.1, -0.05) is 103 Å². The van der Waals surface area contributed by atoms with Crippen molar-refractivity contribution in [1.82, 2.24) is 0 Å². The van der Waals surface area contributed by atoms with E-state index >= 15 is 0 Å². The standard InChI is InChI=1S/C21H45NO.BrH/c1-2-3-4-5-6-7-8-9-10-11-12-13-14-15-16-17-20-23-21-18-19-22;/h2-22H2,1H3;1H. The highest BCUT2D eigenvalue weighted by Crippen LogP contribution is 2.13. The van der Waals surface area contributed by atoms with E-state index in [9.17, 15) is 0 Å². The summed E-state index contributed by atoms with van der Waals surface area (Å²) in [6.07, 6.45) is 23.8. The Balaban J connectivity index is 0. The Labute approximate surface area is 163 Å². The largest absolute Gasteiger partial charge is 0.381 e. The van der Waals surface area contributed by atoms with E-state index in [0.717, 1.165) is 26.2 Å². The fourth-order valence-corrected chi connectivity index (χ4v) is 3.04. The van der Waals surface area contributed by atoms with E-state index < -0.39 is 0 Å². The van der Waals surface area contributed by atoms with Crippen molar-refractivity contribution in [1.29, 1.82) is 0 Å². The molecule has 0 aromatic carbocycles. The third kappa shape index (κ3) is 24.6. The van der Waals surface area contributed by atoms with Crippen LogP contribution in [0.1, 0.15) is 116 Å². The first-order chi connectivity index (χ1) is 11.4. The number of unbranched alkanes of at least 4 members (excludes halogenated alkanes) is 15. The van der Waals surface area contributed by atoms with Crippen LogP contribution in [0.25, 0.3) is 0 Å². The molecule has 2 nitrogen and oxygen atoms in total. The van der Waals surface area contributed by atoms with Gasteiger partial charge in [-0.2, -0.15) is 0 Å². The Morgan fingerprint density at radius 1 is 0.500 bits per heavy atom. The maximum Gasteiger partial charge on any atom is 0.0478 e. The van der Waals surface area contributed by atoms with Crippen LogP contribution < -0.4 is 5.73 Å². The number of halogens is 1. The lowest BCUT2D eigenvalue weighted by Crippen LogP contribution is -2.04. The van der Waals surface area contributed by atoms with E-state index in [-0.39, 0.29) is 17.0 Å². The first-order valence-electron chi connectivity index (χ1n) is 10.7. The van der Waals surface area contributed by atoms with Gasteiger partial charge in [-0.05, 0) is 19.4 Å². The van der Waals surface area contributed by atoms with Gasteiger partial charge in [-0.15, -0.1) is 17.0 Å². The van der Waals surface area contributed by atoms with Crippen LogP contribution in [0.5, 0.6) is 0 Å². The number of nitrogens with two attached hydrogens (primary N) is 1. The molecule has 0 aromatic rings. The minimum absolute atomic E-state index is 0. The van der Waals surface area contributed by atoms with Gasteiger partial charge in [0, 0.05) is 13.2 Å². The summed E-state index contributed by atoms with van der Waals surface area (Å²) in [7, 11) is 0. The molecule has 0 unspecified atom stereocenters. The number of ether oxygens (including phenoxy) is 1. The zero-order valence-corrected chi connectivity index (χ0v) is 18.2. The molecule has 0 fully saturated rings. The Kier molecular flexibility index (Phi) is 28.4. The Morgan fingerprint density at radius 3 is 1.21 bits per heavy atom. The molecule has 3 heteroatoms. The molecule has 0 radical (unpaired) electrons. The fourth-order valence-electron chi connectivity index (χ4n) is 3.04. The van der Waals surface area contributed by atoms with Gasteiger partial charge in [0.25, 0.3) is 0 Å².